The number of aliphatic hydroxyl groups excluding tert-OH is 4. The van der Waals surface area contributed by atoms with Crippen molar-refractivity contribution in [1.82, 2.24) is 0 Å². The molecule has 0 radical (unpaired) electrons. The summed E-state index contributed by atoms with van der Waals surface area (Å²) in [6.07, 6.45) is -5.22. The molecule has 1 saturated heterocycles. The van der Waals surface area contributed by atoms with Crippen LogP contribution in [0.5, 0.6) is 0 Å². The molecular formula is C9H17BrO6. The summed E-state index contributed by atoms with van der Waals surface area (Å²) >= 11 is 3.22. The van der Waals surface area contributed by atoms with Crippen molar-refractivity contribution in [3.63, 3.8) is 0 Å². The molecule has 4 N–H and O–H groups in total. The molecule has 6 nitrogen and oxygen atoms in total. The third-order valence-electron chi connectivity index (χ3n) is 2.41. The first-order chi connectivity index (χ1) is 7.61. The van der Waals surface area contributed by atoms with E-state index in [-0.39, 0.29) is 0 Å². The van der Waals surface area contributed by atoms with Crippen LogP contribution in [-0.2, 0) is 9.47 Å². The average molecular weight is 301 g/mol. The lowest BCUT2D eigenvalue weighted by atomic mass is 9.99. The summed E-state index contributed by atoms with van der Waals surface area (Å²) in [6, 6.07) is 0. The van der Waals surface area contributed by atoms with Gasteiger partial charge in [-0.25, -0.2) is 0 Å². The van der Waals surface area contributed by atoms with E-state index in [2.05, 4.69) is 15.9 Å². The quantitative estimate of drug-likeness (QED) is 0.368. The van der Waals surface area contributed by atoms with Crippen molar-refractivity contribution in [2.75, 3.05) is 18.5 Å². The maximum atomic E-state index is 9.57. The minimum Gasteiger partial charge on any atom is -0.394 e. The van der Waals surface area contributed by atoms with Crippen molar-refractivity contribution >= 4 is 15.9 Å². The van der Waals surface area contributed by atoms with Gasteiger partial charge in [0.05, 0.1) is 13.2 Å². The first kappa shape index (κ1) is 14.3. The normalized spacial score (nSPS) is 39.9. The Morgan fingerprint density at radius 1 is 1.12 bits per heavy atom. The van der Waals surface area contributed by atoms with Crippen molar-refractivity contribution in [1.29, 1.82) is 0 Å². The molecule has 7 heteroatoms. The zero-order chi connectivity index (χ0) is 12.1. The SMILES string of the molecule is OC[C@H]1OC(OCCCBr)[C@H](O)[C@@H](O)[C@H]1O. The third kappa shape index (κ3) is 3.36. The molecule has 1 rings (SSSR count). The van der Waals surface area contributed by atoms with Gasteiger partial charge in [-0.05, 0) is 6.42 Å². The van der Waals surface area contributed by atoms with Crippen LogP contribution in [0.25, 0.3) is 0 Å². The molecule has 1 unspecified atom stereocenters. The number of ether oxygens (including phenoxy) is 2. The molecule has 0 aliphatic carbocycles. The summed E-state index contributed by atoms with van der Waals surface area (Å²) in [6.45, 7) is -0.0861. The Hall–Kier alpha value is 0.240. The molecular weight excluding hydrogens is 284 g/mol. The van der Waals surface area contributed by atoms with Crippen molar-refractivity contribution in [3.05, 3.63) is 0 Å². The number of hydrogen-bond acceptors (Lipinski definition) is 6. The zero-order valence-electron chi connectivity index (χ0n) is 8.70. The summed E-state index contributed by atoms with van der Waals surface area (Å²) < 4.78 is 10.3. The molecule has 0 aromatic heterocycles. The number of hydrogen-bond donors (Lipinski definition) is 4. The molecule has 1 aliphatic rings. The number of alkyl halides is 1. The summed E-state index contributed by atoms with van der Waals surface area (Å²) in [5.41, 5.74) is 0. The van der Waals surface area contributed by atoms with Crippen molar-refractivity contribution in [2.24, 2.45) is 0 Å². The van der Waals surface area contributed by atoms with Crippen LogP contribution in [0, 0.1) is 0 Å². The predicted octanol–water partition coefficient (Wildman–Crippen LogP) is -1.41. The Kier molecular flexibility index (Phi) is 6.12. The van der Waals surface area contributed by atoms with Crippen LogP contribution in [0.3, 0.4) is 0 Å². The van der Waals surface area contributed by atoms with E-state index in [1.165, 1.54) is 0 Å². The van der Waals surface area contributed by atoms with Gasteiger partial charge in [0.15, 0.2) is 6.29 Å². The molecule has 0 aromatic rings. The third-order valence-corrected chi connectivity index (χ3v) is 2.97. The summed E-state index contributed by atoms with van der Waals surface area (Å²) in [5.74, 6) is 0. The average Bonchev–Trinajstić information content (AvgIpc) is 2.29. The van der Waals surface area contributed by atoms with Gasteiger partial charge < -0.3 is 29.9 Å². The van der Waals surface area contributed by atoms with Gasteiger partial charge in [-0.3, -0.25) is 0 Å². The second kappa shape index (κ2) is 6.85. The first-order valence-electron chi connectivity index (χ1n) is 5.10. The van der Waals surface area contributed by atoms with Crippen LogP contribution in [0.1, 0.15) is 6.42 Å². The van der Waals surface area contributed by atoms with Gasteiger partial charge >= 0.3 is 0 Å². The molecule has 0 saturated carbocycles. The second-order valence-electron chi connectivity index (χ2n) is 3.61. The van der Waals surface area contributed by atoms with Gasteiger partial charge in [-0.2, -0.15) is 0 Å². The molecule has 96 valence electrons. The fourth-order valence-corrected chi connectivity index (χ4v) is 1.69. The van der Waals surface area contributed by atoms with Gasteiger partial charge in [0.2, 0.25) is 0 Å². The van der Waals surface area contributed by atoms with E-state index in [1.807, 2.05) is 0 Å². The number of aliphatic hydroxyl groups is 4. The summed E-state index contributed by atoms with van der Waals surface area (Å²) in [5, 5.41) is 38.2. The minimum absolute atomic E-state index is 0.355. The van der Waals surface area contributed by atoms with Crippen LogP contribution in [-0.4, -0.2) is 69.7 Å². The first-order valence-corrected chi connectivity index (χ1v) is 6.22. The van der Waals surface area contributed by atoms with E-state index in [0.717, 1.165) is 11.8 Å². The van der Waals surface area contributed by atoms with Crippen molar-refractivity contribution in [3.8, 4) is 0 Å². The van der Waals surface area contributed by atoms with Crippen LogP contribution in [0.4, 0.5) is 0 Å². The molecule has 1 heterocycles. The smallest absolute Gasteiger partial charge is 0.186 e. The van der Waals surface area contributed by atoms with E-state index in [4.69, 9.17) is 14.6 Å². The maximum absolute atomic E-state index is 9.57. The van der Waals surface area contributed by atoms with E-state index >= 15 is 0 Å². The molecule has 0 bridgehead atoms. The van der Waals surface area contributed by atoms with Crippen LogP contribution in [0.15, 0.2) is 0 Å². The highest BCUT2D eigenvalue weighted by Gasteiger charge is 2.43. The molecule has 1 aliphatic heterocycles. The lowest BCUT2D eigenvalue weighted by molar-refractivity contribution is -0.300. The Bertz CT molecular complexity index is 202. The summed E-state index contributed by atoms with van der Waals surface area (Å²) in [7, 11) is 0. The van der Waals surface area contributed by atoms with Gasteiger partial charge in [-0.15, -0.1) is 0 Å². The Labute approximate surface area is 102 Å². The van der Waals surface area contributed by atoms with Crippen LogP contribution < -0.4 is 0 Å². The zero-order valence-corrected chi connectivity index (χ0v) is 10.3. The summed E-state index contributed by atoms with van der Waals surface area (Å²) in [4.78, 5) is 0. The monoisotopic (exact) mass is 300 g/mol. The second-order valence-corrected chi connectivity index (χ2v) is 4.40. The highest BCUT2D eigenvalue weighted by molar-refractivity contribution is 9.09. The van der Waals surface area contributed by atoms with Gasteiger partial charge in [0.1, 0.15) is 24.4 Å². The van der Waals surface area contributed by atoms with E-state index < -0.39 is 37.3 Å². The lowest BCUT2D eigenvalue weighted by Gasteiger charge is -2.39. The molecule has 0 spiro atoms. The fourth-order valence-electron chi connectivity index (χ4n) is 1.46. The largest absolute Gasteiger partial charge is 0.394 e. The highest BCUT2D eigenvalue weighted by Crippen LogP contribution is 2.21. The maximum Gasteiger partial charge on any atom is 0.186 e. The number of halogens is 1. The van der Waals surface area contributed by atoms with Crippen molar-refractivity contribution < 1.29 is 29.9 Å². The molecule has 0 amide bonds. The topological polar surface area (TPSA) is 99.4 Å². The fraction of sp³-hybridized carbons (Fsp3) is 1.00. The Morgan fingerprint density at radius 3 is 2.38 bits per heavy atom. The molecule has 5 atom stereocenters. The highest BCUT2D eigenvalue weighted by atomic mass is 79.9. The lowest BCUT2D eigenvalue weighted by Crippen LogP contribution is -2.59. The molecule has 0 aromatic carbocycles. The van der Waals surface area contributed by atoms with Gasteiger partial charge in [-0.1, -0.05) is 15.9 Å². The van der Waals surface area contributed by atoms with Crippen LogP contribution in [0.2, 0.25) is 0 Å². The molecule has 1 fully saturated rings. The van der Waals surface area contributed by atoms with Gasteiger partial charge in [0, 0.05) is 5.33 Å². The predicted molar refractivity (Wildman–Crippen MR) is 58.1 cm³/mol. The van der Waals surface area contributed by atoms with E-state index in [0.29, 0.717) is 6.61 Å². The van der Waals surface area contributed by atoms with E-state index in [1.54, 1.807) is 0 Å². The Morgan fingerprint density at radius 2 is 1.81 bits per heavy atom. The Balaban J connectivity index is 2.50. The van der Waals surface area contributed by atoms with Crippen molar-refractivity contribution in [2.45, 2.75) is 37.1 Å². The molecule has 16 heavy (non-hydrogen) atoms. The van der Waals surface area contributed by atoms with Gasteiger partial charge in [0.25, 0.3) is 0 Å². The number of rotatable bonds is 5. The van der Waals surface area contributed by atoms with E-state index in [9.17, 15) is 15.3 Å². The minimum atomic E-state index is -1.38. The van der Waals surface area contributed by atoms with Crippen LogP contribution >= 0.6 is 15.9 Å². The standard InChI is InChI=1S/C9H17BrO6/c10-2-1-3-15-9-8(14)7(13)6(12)5(4-11)16-9/h5-9,11-14H,1-4H2/t5-,6+,7+,8-,9?/m1/s1.